The van der Waals surface area contributed by atoms with Crippen LogP contribution >= 0.6 is 0 Å². The third-order valence-corrected chi connectivity index (χ3v) is 5.08. The van der Waals surface area contributed by atoms with E-state index in [-0.39, 0.29) is 18.0 Å². The van der Waals surface area contributed by atoms with Gasteiger partial charge in [0.05, 0.1) is 6.54 Å². The van der Waals surface area contributed by atoms with Crippen LogP contribution in [-0.4, -0.2) is 49.1 Å². The lowest BCUT2D eigenvalue weighted by Gasteiger charge is -2.20. The van der Waals surface area contributed by atoms with Crippen molar-refractivity contribution in [1.82, 2.24) is 10.2 Å². The molecule has 27 heavy (non-hydrogen) atoms. The van der Waals surface area contributed by atoms with E-state index in [2.05, 4.69) is 5.32 Å². The summed E-state index contributed by atoms with van der Waals surface area (Å²) in [6.07, 6.45) is 0.819. The molecule has 3 amide bonds. The Bertz CT molecular complexity index is 853. The Labute approximate surface area is 158 Å². The Morgan fingerprint density at radius 1 is 1.15 bits per heavy atom. The minimum absolute atomic E-state index is 0.00521. The van der Waals surface area contributed by atoms with Crippen molar-refractivity contribution in [3.8, 4) is 5.75 Å². The Hall–Kier alpha value is -3.02. The second kappa shape index (κ2) is 7.31. The zero-order chi connectivity index (χ0) is 18.8. The smallest absolute Gasteiger partial charge is 0.322 e. The van der Waals surface area contributed by atoms with Crippen molar-refractivity contribution in [2.45, 2.75) is 19.4 Å². The van der Waals surface area contributed by atoms with Crippen molar-refractivity contribution < 1.29 is 14.3 Å². The monoisotopic (exact) mass is 365 g/mol. The molecule has 140 valence electrons. The maximum absolute atomic E-state index is 13.0. The van der Waals surface area contributed by atoms with Crippen molar-refractivity contribution in [1.29, 1.82) is 0 Å². The van der Waals surface area contributed by atoms with E-state index in [9.17, 15) is 9.59 Å². The van der Waals surface area contributed by atoms with E-state index < -0.39 is 0 Å². The van der Waals surface area contributed by atoms with Crippen molar-refractivity contribution in [3.63, 3.8) is 0 Å². The molecule has 0 spiro atoms. The van der Waals surface area contributed by atoms with Gasteiger partial charge in [0, 0.05) is 37.3 Å². The molecule has 2 aromatic rings. The van der Waals surface area contributed by atoms with Gasteiger partial charge in [-0.1, -0.05) is 24.3 Å². The number of carbonyl (C=O) groups excluding carboxylic acids is 2. The molecule has 0 aromatic heterocycles. The lowest BCUT2D eigenvalue weighted by Crippen LogP contribution is -2.32. The first-order valence-electron chi connectivity index (χ1n) is 9.29. The molecule has 1 N–H and O–H groups in total. The first-order valence-corrected chi connectivity index (χ1v) is 9.29. The lowest BCUT2D eigenvalue weighted by atomic mass is 10.1. The minimum Gasteiger partial charge on any atom is -0.489 e. The van der Waals surface area contributed by atoms with Crippen molar-refractivity contribution in [2.24, 2.45) is 0 Å². The van der Waals surface area contributed by atoms with Crippen LogP contribution in [0.15, 0.2) is 48.5 Å². The van der Waals surface area contributed by atoms with Crippen LogP contribution in [0.4, 0.5) is 10.5 Å². The number of nitrogens with one attached hydrogen (secondary N) is 1. The number of benzene rings is 2. The van der Waals surface area contributed by atoms with Crippen LogP contribution in [0, 0.1) is 6.92 Å². The molecule has 2 fully saturated rings. The van der Waals surface area contributed by atoms with Crippen molar-refractivity contribution in [3.05, 3.63) is 59.7 Å². The van der Waals surface area contributed by atoms with E-state index >= 15 is 0 Å². The fourth-order valence-corrected chi connectivity index (χ4v) is 3.62. The number of urea groups is 1. The van der Waals surface area contributed by atoms with Crippen LogP contribution in [0.25, 0.3) is 0 Å². The molecule has 4 rings (SSSR count). The van der Waals surface area contributed by atoms with Gasteiger partial charge < -0.3 is 15.0 Å². The van der Waals surface area contributed by atoms with E-state index in [0.717, 1.165) is 23.4 Å². The maximum atomic E-state index is 13.0. The van der Waals surface area contributed by atoms with E-state index in [0.29, 0.717) is 31.7 Å². The number of carbonyl (C=O) groups is 2. The number of hydrogen-bond acceptors (Lipinski definition) is 3. The standard InChI is InChI=1S/C21H23N3O3/c1-15-7-8-16(13-19(15)24-12-10-22-21(24)26)20(25)23-11-9-18(14-23)27-17-5-3-2-4-6-17/h2-8,13,18H,9-12,14H2,1H3,(H,22,26)/t18-/m1/s1. The van der Waals surface area contributed by atoms with E-state index in [4.69, 9.17) is 4.74 Å². The van der Waals surface area contributed by atoms with Crippen LogP contribution in [0.3, 0.4) is 0 Å². The molecule has 2 aliphatic heterocycles. The zero-order valence-corrected chi connectivity index (χ0v) is 15.4. The molecular weight excluding hydrogens is 342 g/mol. The first-order chi connectivity index (χ1) is 13.1. The summed E-state index contributed by atoms with van der Waals surface area (Å²) in [4.78, 5) is 28.5. The maximum Gasteiger partial charge on any atom is 0.322 e. The third kappa shape index (κ3) is 3.60. The number of nitrogens with zero attached hydrogens (tertiary/aromatic N) is 2. The number of aryl methyl sites for hydroxylation is 1. The quantitative estimate of drug-likeness (QED) is 0.906. The first kappa shape index (κ1) is 17.4. The summed E-state index contributed by atoms with van der Waals surface area (Å²) < 4.78 is 5.97. The second-order valence-electron chi connectivity index (χ2n) is 6.98. The van der Waals surface area contributed by atoms with Gasteiger partial charge in [-0.05, 0) is 36.8 Å². The Morgan fingerprint density at radius 2 is 1.96 bits per heavy atom. The van der Waals surface area contributed by atoms with Gasteiger partial charge in [-0.15, -0.1) is 0 Å². The van der Waals surface area contributed by atoms with Crippen LogP contribution in [0.5, 0.6) is 5.75 Å². The van der Waals surface area contributed by atoms with Gasteiger partial charge in [-0.2, -0.15) is 0 Å². The second-order valence-corrected chi connectivity index (χ2v) is 6.98. The van der Waals surface area contributed by atoms with Gasteiger partial charge in [-0.25, -0.2) is 4.79 Å². The Balaban J connectivity index is 1.46. The Morgan fingerprint density at radius 3 is 2.70 bits per heavy atom. The normalized spacial score (nSPS) is 19.3. The molecule has 2 aliphatic rings. The average molecular weight is 365 g/mol. The van der Waals surface area contributed by atoms with Gasteiger partial charge in [0.1, 0.15) is 11.9 Å². The average Bonchev–Trinajstić information content (AvgIpc) is 3.31. The number of para-hydroxylation sites is 1. The molecule has 0 aliphatic carbocycles. The van der Waals surface area contributed by atoms with Gasteiger partial charge in [0.25, 0.3) is 5.91 Å². The number of hydrogen-bond donors (Lipinski definition) is 1. The summed E-state index contributed by atoms with van der Waals surface area (Å²) in [5, 5.41) is 2.80. The number of likely N-dealkylation sites (tertiary alicyclic amines) is 1. The predicted octanol–water partition coefficient (Wildman–Crippen LogP) is 2.82. The highest BCUT2D eigenvalue weighted by atomic mass is 16.5. The third-order valence-electron chi connectivity index (χ3n) is 5.08. The topological polar surface area (TPSA) is 61.9 Å². The molecule has 2 aromatic carbocycles. The molecule has 6 heteroatoms. The molecule has 1 atom stereocenters. The Kier molecular flexibility index (Phi) is 4.71. The van der Waals surface area contributed by atoms with Crippen LogP contribution in [0.1, 0.15) is 22.3 Å². The predicted molar refractivity (Wildman–Crippen MR) is 103 cm³/mol. The number of anilines is 1. The highest BCUT2D eigenvalue weighted by molar-refractivity contribution is 5.99. The molecule has 6 nitrogen and oxygen atoms in total. The number of ether oxygens (including phenoxy) is 1. The fraction of sp³-hybridized carbons (Fsp3) is 0.333. The van der Waals surface area contributed by atoms with Gasteiger partial charge in [0.15, 0.2) is 0 Å². The van der Waals surface area contributed by atoms with Gasteiger partial charge >= 0.3 is 6.03 Å². The van der Waals surface area contributed by atoms with Gasteiger partial charge in [0.2, 0.25) is 0 Å². The number of rotatable bonds is 4. The molecule has 2 heterocycles. The van der Waals surface area contributed by atoms with E-state index in [1.165, 1.54) is 0 Å². The highest BCUT2D eigenvalue weighted by Gasteiger charge is 2.29. The molecule has 0 unspecified atom stereocenters. The van der Waals surface area contributed by atoms with Crippen molar-refractivity contribution in [2.75, 3.05) is 31.1 Å². The van der Waals surface area contributed by atoms with Crippen LogP contribution in [-0.2, 0) is 0 Å². The zero-order valence-electron chi connectivity index (χ0n) is 15.4. The summed E-state index contributed by atoms with van der Waals surface area (Å²) in [5.74, 6) is 0.810. The fourth-order valence-electron chi connectivity index (χ4n) is 3.62. The summed E-state index contributed by atoms with van der Waals surface area (Å²) in [5.41, 5.74) is 2.39. The summed E-state index contributed by atoms with van der Waals surface area (Å²) >= 11 is 0. The molecule has 2 saturated heterocycles. The molecule has 0 radical (unpaired) electrons. The summed E-state index contributed by atoms with van der Waals surface area (Å²) in [6.45, 7) is 4.44. The largest absolute Gasteiger partial charge is 0.489 e. The van der Waals surface area contributed by atoms with Crippen LogP contribution in [0.2, 0.25) is 0 Å². The molecular formula is C21H23N3O3. The van der Waals surface area contributed by atoms with E-state index in [1.807, 2.05) is 60.4 Å². The lowest BCUT2D eigenvalue weighted by molar-refractivity contribution is 0.0772. The molecule has 0 saturated carbocycles. The van der Waals surface area contributed by atoms with Crippen molar-refractivity contribution >= 4 is 17.6 Å². The van der Waals surface area contributed by atoms with E-state index in [1.54, 1.807) is 4.90 Å². The highest BCUT2D eigenvalue weighted by Crippen LogP contribution is 2.25. The number of amides is 3. The summed E-state index contributed by atoms with van der Waals surface area (Å²) in [7, 11) is 0. The molecule has 0 bridgehead atoms. The SMILES string of the molecule is Cc1ccc(C(=O)N2CC[C@@H](Oc3ccccc3)C2)cc1N1CCNC1=O. The summed E-state index contributed by atoms with van der Waals surface area (Å²) in [6, 6.07) is 15.1. The van der Waals surface area contributed by atoms with Crippen LogP contribution < -0.4 is 15.0 Å². The van der Waals surface area contributed by atoms with Gasteiger partial charge in [-0.3, -0.25) is 9.69 Å². The minimum atomic E-state index is -0.111.